The molecule has 1 saturated heterocycles. The number of pyridine rings is 2. The summed E-state index contributed by atoms with van der Waals surface area (Å²) in [6.45, 7) is 1.67. The number of anilines is 2. The van der Waals surface area contributed by atoms with E-state index in [4.69, 9.17) is 16.6 Å². The van der Waals surface area contributed by atoms with Gasteiger partial charge in [-0.1, -0.05) is 23.7 Å². The highest BCUT2D eigenvalue weighted by Crippen LogP contribution is 2.40. The molecule has 40 heavy (non-hydrogen) atoms. The summed E-state index contributed by atoms with van der Waals surface area (Å²) in [5.74, 6) is 0.718. The Kier molecular flexibility index (Phi) is 6.39. The van der Waals surface area contributed by atoms with Crippen molar-refractivity contribution < 1.29 is 14.4 Å². The molecule has 1 unspecified atom stereocenters. The maximum Gasteiger partial charge on any atom is 0.255 e. The predicted octanol–water partition coefficient (Wildman–Crippen LogP) is 3.06. The van der Waals surface area contributed by atoms with E-state index < -0.39 is 11.9 Å². The van der Waals surface area contributed by atoms with Crippen LogP contribution in [0.2, 0.25) is 5.02 Å². The van der Waals surface area contributed by atoms with Crippen molar-refractivity contribution in [3.63, 3.8) is 0 Å². The second-order valence-electron chi connectivity index (χ2n) is 10.5. The lowest BCUT2D eigenvalue weighted by Crippen LogP contribution is -2.52. The summed E-state index contributed by atoms with van der Waals surface area (Å²) in [6.07, 6.45) is 2.85. The van der Waals surface area contributed by atoms with Gasteiger partial charge in [0.15, 0.2) is 0 Å². The number of fused-ring (bicyclic) bond motifs is 2. The number of rotatable bonds is 5. The molecule has 6 rings (SSSR count). The minimum Gasteiger partial charge on any atom is -0.363 e. The van der Waals surface area contributed by atoms with Gasteiger partial charge in [0.05, 0.1) is 16.3 Å². The molecule has 10 nitrogen and oxygen atoms in total. The molecule has 0 aliphatic carbocycles. The van der Waals surface area contributed by atoms with Crippen LogP contribution in [0.3, 0.4) is 0 Å². The van der Waals surface area contributed by atoms with Crippen LogP contribution in [0.25, 0.3) is 11.3 Å². The number of nitriles is 1. The van der Waals surface area contributed by atoms with Crippen molar-refractivity contribution in [2.75, 3.05) is 30.4 Å². The van der Waals surface area contributed by atoms with Gasteiger partial charge in [-0.15, -0.1) is 0 Å². The number of carbonyl (C=O) groups excluding carboxylic acids is 3. The molecule has 11 heteroatoms. The zero-order valence-corrected chi connectivity index (χ0v) is 22.8. The minimum absolute atomic E-state index is 0.184. The molecule has 0 spiro atoms. The zero-order valence-electron chi connectivity index (χ0n) is 22.1. The number of hydrogen-bond acceptors (Lipinski definition) is 8. The van der Waals surface area contributed by atoms with Crippen LogP contribution in [0.15, 0.2) is 36.5 Å². The lowest BCUT2D eigenvalue weighted by molar-refractivity contribution is -0.136. The van der Waals surface area contributed by atoms with Crippen LogP contribution >= 0.6 is 11.6 Å². The van der Waals surface area contributed by atoms with E-state index in [-0.39, 0.29) is 18.2 Å². The molecule has 3 aliphatic rings. The molecule has 1 N–H and O–H groups in total. The van der Waals surface area contributed by atoms with Crippen molar-refractivity contribution >= 4 is 41.0 Å². The van der Waals surface area contributed by atoms with E-state index in [0.29, 0.717) is 41.4 Å². The average molecular weight is 556 g/mol. The molecule has 5 heterocycles. The van der Waals surface area contributed by atoms with E-state index >= 15 is 0 Å². The first-order chi connectivity index (χ1) is 19.2. The fraction of sp³-hybridized carbons (Fsp3) is 0.310. The number of hydrogen-bond donors (Lipinski definition) is 1. The summed E-state index contributed by atoms with van der Waals surface area (Å²) in [5.41, 5.74) is 5.45. The highest BCUT2D eigenvalue weighted by Gasteiger charge is 2.39. The number of aromatic nitrogens is 2. The molecule has 1 atom stereocenters. The van der Waals surface area contributed by atoms with Gasteiger partial charge >= 0.3 is 0 Å². The molecule has 1 aromatic carbocycles. The van der Waals surface area contributed by atoms with Gasteiger partial charge in [0.1, 0.15) is 23.7 Å². The van der Waals surface area contributed by atoms with Crippen LogP contribution in [-0.4, -0.2) is 59.3 Å². The number of amides is 3. The lowest BCUT2D eigenvalue weighted by atomic mass is 10.0. The van der Waals surface area contributed by atoms with Crippen molar-refractivity contribution in [1.29, 1.82) is 5.26 Å². The summed E-state index contributed by atoms with van der Waals surface area (Å²) in [7, 11) is 3.86. The second kappa shape index (κ2) is 9.92. The minimum atomic E-state index is -0.638. The molecular weight excluding hydrogens is 530 g/mol. The number of halogens is 1. The van der Waals surface area contributed by atoms with E-state index in [1.54, 1.807) is 11.0 Å². The van der Waals surface area contributed by atoms with Gasteiger partial charge in [-0.2, -0.15) is 5.26 Å². The van der Waals surface area contributed by atoms with E-state index in [1.807, 2.05) is 43.3 Å². The SMILES string of the molecule is CN(C)c1cc(-c2ncc(C#N)cc2Cl)c2c(n1)N(Cc1ccc3c(c1)CN(C1CCC(=O)NC1=O)C3=O)CC2. The molecule has 3 aliphatic heterocycles. The molecule has 202 valence electrons. The first-order valence-electron chi connectivity index (χ1n) is 13.0. The Balaban J connectivity index is 1.29. The number of imide groups is 1. The zero-order chi connectivity index (χ0) is 28.1. The van der Waals surface area contributed by atoms with Gasteiger partial charge < -0.3 is 14.7 Å². The monoisotopic (exact) mass is 555 g/mol. The highest BCUT2D eigenvalue weighted by atomic mass is 35.5. The topological polar surface area (TPSA) is 123 Å². The Morgan fingerprint density at radius 3 is 2.70 bits per heavy atom. The summed E-state index contributed by atoms with van der Waals surface area (Å²) >= 11 is 6.56. The van der Waals surface area contributed by atoms with Crippen molar-refractivity contribution in [2.24, 2.45) is 0 Å². The molecule has 3 amide bonds. The van der Waals surface area contributed by atoms with Crippen molar-refractivity contribution in [3.05, 3.63) is 69.4 Å². The first-order valence-corrected chi connectivity index (χ1v) is 13.4. The Morgan fingerprint density at radius 2 is 1.98 bits per heavy atom. The van der Waals surface area contributed by atoms with Gasteiger partial charge in [-0.05, 0) is 42.2 Å². The number of piperidine rings is 1. The van der Waals surface area contributed by atoms with Gasteiger partial charge in [0, 0.05) is 63.0 Å². The highest BCUT2D eigenvalue weighted by molar-refractivity contribution is 6.33. The van der Waals surface area contributed by atoms with Crippen LogP contribution in [0.5, 0.6) is 0 Å². The Morgan fingerprint density at radius 1 is 1.15 bits per heavy atom. The third-order valence-electron chi connectivity index (χ3n) is 7.67. The van der Waals surface area contributed by atoms with Crippen LogP contribution in [0.4, 0.5) is 11.6 Å². The third kappa shape index (κ3) is 4.42. The molecule has 0 saturated carbocycles. The number of nitrogens with zero attached hydrogens (tertiary/aromatic N) is 6. The number of nitrogens with one attached hydrogen (secondary N) is 1. The molecular formula is C29H26ClN7O3. The normalized spacial score (nSPS) is 17.9. The van der Waals surface area contributed by atoms with Crippen molar-refractivity contribution in [1.82, 2.24) is 20.2 Å². The van der Waals surface area contributed by atoms with Crippen molar-refractivity contribution in [2.45, 2.75) is 38.4 Å². The quantitative estimate of drug-likeness (QED) is 0.477. The molecule has 2 aromatic heterocycles. The maximum absolute atomic E-state index is 13.1. The largest absolute Gasteiger partial charge is 0.363 e. The van der Waals surface area contributed by atoms with Gasteiger partial charge in [-0.3, -0.25) is 24.7 Å². The Labute approximate surface area is 236 Å². The molecule has 1 fully saturated rings. The molecule has 0 bridgehead atoms. The fourth-order valence-electron chi connectivity index (χ4n) is 5.64. The lowest BCUT2D eigenvalue weighted by Gasteiger charge is -2.29. The van der Waals surface area contributed by atoms with Crippen LogP contribution in [0, 0.1) is 11.3 Å². The number of carbonyl (C=O) groups is 3. The van der Waals surface area contributed by atoms with E-state index in [0.717, 1.165) is 46.9 Å². The summed E-state index contributed by atoms with van der Waals surface area (Å²) in [4.78, 5) is 52.2. The standard InChI is InChI=1S/C29H26ClN7O3/c1-35(2)24-11-21(26-22(30)10-17(12-31)13-32-26)20-7-8-36(27(20)33-24)14-16-3-4-19-18(9-16)15-37(29(19)40)23-5-6-25(38)34-28(23)39/h3-4,9-11,13,23H,5-8,14-15H2,1-2H3,(H,34,38,39). The van der Waals surface area contributed by atoms with E-state index in [9.17, 15) is 19.6 Å². The fourth-order valence-corrected chi connectivity index (χ4v) is 5.91. The third-order valence-corrected chi connectivity index (χ3v) is 7.95. The van der Waals surface area contributed by atoms with E-state index in [2.05, 4.69) is 21.3 Å². The Hall–Kier alpha value is -4.49. The van der Waals surface area contributed by atoms with Gasteiger partial charge in [0.2, 0.25) is 11.8 Å². The summed E-state index contributed by atoms with van der Waals surface area (Å²) in [5, 5.41) is 12.0. The van der Waals surface area contributed by atoms with Crippen LogP contribution < -0.4 is 15.1 Å². The maximum atomic E-state index is 13.1. The van der Waals surface area contributed by atoms with Gasteiger partial charge in [-0.25, -0.2) is 4.98 Å². The summed E-state index contributed by atoms with van der Waals surface area (Å²) in [6, 6.07) is 10.8. The van der Waals surface area contributed by atoms with Gasteiger partial charge in [0.25, 0.3) is 5.91 Å². The second-order valence-corrected chi connectivity index (χ2v) is 10.9. The predicted molar refractivity (Wildman–Crippen MR) is 149 cm³/mol. The van der Waals surface area contributed by atoms with Crippen LogP contribution in [-0.2, 0) is 29.1 Å². The first kappa shape index (κ1) is 25.8. The smallest absolute Gasteiger partial charge is 0.255 e. The van der Waals surface area contributed by atoms with E-state index in [1.165, 1.54) is 6.20 Å². The van der Waals surface area contributed by atoms with Crippen LogP contribution in [0.1, 0.15) is 45.5 Å². The molecule has 3 aromatic rings. The van der Waals surface area contributed by atoms with Crippen molar-refractivity contribution in [3.8, 4) is 17.3 Å². The summed E-state index contributed by atoms with van der Waals surface area (Å²) < 4.78 is 0. The molecule has 0 radical (unpaired) electrons. The Bertz CT molecular complexity index is 1630. The average Bonchev–Trinajstić information content (AvgIpc) is 3.48. The number of benzene rings is 1.